The van der Waals surface area contributed by atoms with Crippen molar-refractivity contribution in [2.45, 2.75) is 6.04 Å². The molecule has 0 unspecified atom stereocenters. The van der Waals surface area contributed by atoms with E-state index in [1.54, 1.807) is 17.7 Å². The molecule has 110 valence electrons. The number of hydrogen-bond donors (Lipinski definition) is 0. The highest BCUT2D eigenvalue weighted by Gasteiger charge is 2.38. The molecule has 2 aromatic rings. The summed E-state index contributed by atoms with van der Waals surface area (Å²) in [6.07, 6.45) is 1.60. The number of hydrogen-bond acceptors (Lipinski definition) is 6. The third kappa shape index (κ3) is 2.08. The van der Waals surface area contributed by atoms with E-state index < -0.39 is 0 Å². The normalized spacial score (nSPS) is 26.2. The van der Waals surface area contributed by atoms with Crippen LogP contribution in [0.15, 0.2) is 17.8 Å². The molecule has 0 aromatic carbocycles. The molecule has 0 aliphatic carbocycles. The van der Waals surface area contributed by atoms with Crippen LogP contribution in [-0.2, 0) is 9.53 Å². The van der Waals surface area contributed by atoms with E-state index in [4.69, 9.17) is 4.74 Å². The summed E-state index contributed by atoms with van der Waals surface area (Å²) in [6, 6.07) is 2.08. The number of carbonyl (C=O) groups excluding carboxylic acids is 1. The summed E-state index contributed by atoms with van der Waals surface area (Å²) in [5.74, 6) is 0.999. The molecule has 2 fully saturated rings. The van der Waals surface area contributed by atoms with Gasteiger partial charge in [-0.2, -0.15) is 0 Å². The Hall–Kier alpha value is -1.73. The Morgan fingerprint density at radius 1 is 1.33 bits per heavy atom. The van der Waals surface area contributed by atoms with Crippen molar-refractivity contribution in [3.63, 3.8) is 0 Å². The Balaban J connectivity index is 1.76. The molecular formula is C14H16N4O2S. The number of amides is 1. The van der Waals surface area contributed by atoms with Crippen LogP contribution in [0.25, 0.3) is 10.2 Å². The largest absolute Gasteiger partial charge is 0.378 e. The van der Waals surface area contributed by atoms with Gasteiger partial charge in [0.2, 0.25) is 5.91 Å². The number of ether oxygens (including phenoxy) is 1. The summed E-state index contributed by atoms with van der Waals surface area (Å²) in [5, 5.41) is 2.03. The molecule has 0 radical (unpaired) electrons. The molecule has 0 N–H and O–H groups in total. The molecule has 4 rings (SSSR count). The topological polar surface area (TPSA) is 58.6 Å². The molecule has 6 nitrogen and oxygen atoms in total. The minimum Gasteiger partial charge on any atom is -0.378 e. The van der Waals surface area contributed by atoms with E-state index in [1.165, 1.54) is 0 Å². The highest BCUT2D eigenvalue weighted by atomic mass is 32.1. The molecule has 2 aliphatic rings. The average Bonchev–Trinajstić information content (AvgIpc) is 2.86. The molecular weight excluding hydrogens is 288 g/mol. The van der Waals surface area contributed by atoms with E-state index in [0.29, 0.717) is 19.8 Å². The molecule has 7 heteroatoms. The smallest absolute Gasteiger partial charge is 0.229 e. The van der Waals surface area contributed by atoms with Crippen LogP contribution in [-0.4, -0.2) is 60.2 Å². The van der Waals surface area contributed by atoms with Gasteiger partial charge in [-0.25, -0.2) is 9.97 Å². The Bertz CT molecular complexity index is 688. The van der Waals surface area contributed by atoms with Crippen molar-refractivity contribution < 1.29 is 9.53 Å². The van der Waals surface area contributed by atoms with Gasteiger partial charge in [0.05, 0.1) is 35.4 Å². The van der Waals surface area contributed by atoms with Gasteiger partial charge in [0, 0.05) is 20.1 Å². The molecule has 0 saturated carbocycles. The van der Waals surface area contributed by atoms with E-state index in [9.17, 15) is 4.79 Å². The molecule has 1 amide bonds. The average molecular weight is 304 g/mol. The summed E-state index contributed by atoms with van der Waals surface area (Å²) in [7, 11) is 1.87. The Labute approximate surface area is 126 Å². The van der Waals surface area contributed by atoms with Crippen LogP contribution in [0.2, 0.25) is 0 Å². The van der Waals surface area contributed by atoms with Crippen LogP contribution in [0.3, 0.4) is 0 Å². The number of aromatic nitrogens is 2. The second-order valence-electron chi connectivity index (χ2n) is 5.57. The minimum atomic E-state index is -0.118. The zero-order chi connectivity index (χ0) is 14.4. The van der Waals surface area contributed by atoms with Crippen LogP contribution < -0.4 is 4.90 Å². The molecule has 21 heavy (non-hydrogen) atoms. The van der Waals surface area contributed by atoms with Gasteiger partial charge >= 0.3 is 0 Å². The first kappa shape index (κ1) is 13.0. The van der Waals surface area contributed by atoms with Crippen LogP contribution >= 0.6 is 11.3 Å². The Kier molecular flexibility index (Phi) is 3.04. The van der Waals surface area contributed by atoms with E-state index >= 15 is 0 Å². The Morgan fingerprint density at radius 3 is 3.14 bits per heavy atom. The van der Waals surface area contributed by atoms with E-state index in [2.05, 4.69) is 14.9 Å². The lowest BCUT2D eigenvalue weighted by atomic mass is 10.1. The number of anilines is 1. The first-order valence-corrected chi connectivity index (χ1v) is 7.89. The van der Waals surface area contributed by atoms with E-state index in [-0.39, 0.29) is 17.9 Å². The molecule has 4 heterocycles. The summed E-state index contributed by atoms with van der Waals surface area (Å²) < 4.78 is 6.73. The fourth-order valence-electron chi connectivity index (χ4n) is 3.07. The van der Waals surface area contributed by atoms with Crippen molar-refractivity contribution in [2.24, 2.45) is 5.92 Å². The predicted molar refractivity (Wildman–Crippen MR) is 80.5 cm³/mol. The number of rotatable bonds is 1. The van der Waals surface area contributed by atoms with Crippen molar-refractivity contribution >= 4 is 33.3 Å². The van der Waals surface area contributed by atoms with Crippen molar-refractivity contribution in [3.05, 3.63) is 17.8 Å². The first-order chi connectivity index (χ1) is 10.2. The lowest BCUT2D eigenvalue weighted by molar-refractivity contribution is -0.133. The minimum absolute atomic E-state index is 0.0787. The maximum Gasteiger partial charge on any atom is 0.229 e. The van der Waals surface area contributed by atoms with Crippen LogP contribution in [0, 0.1) is 5.92 Å². The zero-order valence-corrected chi connectivity index (χ0v) is 12.5. The zero-order valence-electron chi connectivity index (χ0n) is 11.7. The van der Waals surface area contributed by atoms with Gasteiger partial charge in [-0.15, -0.1) is 11.3 Å². The summed E-state index contributed by atoms with van der Waals surface area (Å²) in [6.45, 7) is 2.50. The van der Waals surface area contributed by atoms with Crippen molar-refractivity contribution in [1.29, 1.82) is 0 Å². The van der Waals surface area contributed by atoms with Gasteiger partial charge in [0.25, 0.3) is 0 Å². The number of thiophene rings is 1. The van der Waals surface area contributed by atoms with Gasteiger partial charge in [-0.05, 0) is 11.4 Å². The van der Waals surface area contributed by atoms with Gasteiger partial charge in [-0.1, -0.05) is 0 Å². The molecule has 2 atom stereocenters. The van der Waals surface area contributed by atoms with Gasteiger partial charge in [0.1, 0.15) is 12.1 Å². The first-order valence-electron chi connectivity index (χ1n) is 7.01. The molecule has 0 spiro atoms. The maximum absolute atomic E-state index is 12.4. The number of fused-ring (bicyclic) bond motifs is 4. The summed E-state index contributed by atoms with van der Waals surface area (Å²) >= 11 is 1.65. The molecule has 2 aromatic heterocycles. The second kappa shape index (κ2) is 4.92. The quantitative estimate of drug-likeness (QED) is 0.786. The van der Waals surface area contributed by atoms with Crippen molar-refractivity contribution in [3.8, 4) is 0 Å². The molecule has 2 aliphatic heterocycles. The lowest BCUT2D eigenvalue weighted by Gasteiger charge is -2.30. The standard InChI is InChI=1S/C14H16N4O2S/c1-17-10-5-18(4-9(14(17)19)6-20-7-10)13-12-11(2-3-21-12)15-8-16-13/h2-3,8-10H,4-7H2,1H3/t9-,10+/m1/s1. The van der Waals surface area contributed by atoms with Crippen LogP contribution in [0.4, 0.5) is 5.82 Å². The molecule has 2 bridgehead atoms. The Morgan fingerprint density at radius 2 is 2.24 bits per heavy atom. The molecule has 2 saturated heterocycles. The van der Waals surface area contributed by atoms with Crippen molar-refractivity contribution in [1.82, 2.24) is 14.9 Å². The third-order valence-corrected chi connectivity index (χ3v) is 5.17. The lowest BCUT2D eigenvalue weighted by Crippen LogP contribution is -2.43. The number of nitrogens with zero attached hydrogens (tertiary/aromatic N) is 4. The number of carbonyl (C=O) groups is 1. The van der Waals surface area contributed by atoms with Gasteiger partial charge in [0.15, 0.2) is 0 Å². The fraction of sp³-hybridized carbons (Fsp3) is 0.500. The fourth-order valence-corrected chi connectivity index (χ4v) is 3.93. The van der Waals surface area contributed by atoms with E-state index in [0.717, 1.165) is 22.6 Å². The highest BCUT2D eigenvalue weighted by molar-refractivity contribution is 7.17. The summed E-state index contributed by atoms with van der Waals surface area (Å²) in [5.41, 5.74) is 0.968. The maximum atomic E-state index is 12.4. The van der Waals surface area contributed by atoms with E-state index in [1.807, 2.05) is 23.4 Å². The van der Waals surface area contributed by atoms with Crippen molar-refractivity contribution in [2.75, 3.05) is 38.3 Å². The monoisotopic (exact) mass is 304 g/mol. The van der Waals surface area contributed by atoms with Gasteiger partial charge < -0.3 is 14.5 Å². The summed E-state index contributed by atoms with van der Waals surface area (Å²) in [4.78, 5) is 25.2. The van der Waals surface area contributed by atoms with Gasteiger partial charge in [-0.3, -0.25) is 4.79 Å². The predicted octanol–water partition coefficient (Wildman–Crippen LogP) is 0.985. The third-order valence-electron chi connectivity index (χ3n) is 4.27. The van der Waals surface area contributed by atoms with Crippen LogP contribution in [0.5, 0.6) is 0 Å². The SMILES string of the molecule is CN1C(=O)[C@H]2COC[C@@H]1CN(c1ncnc3ccsc13)C2. The van der Waals surface area contributed by atoms with Crippen LogP contribution in [0.1, 0.15) is 0 Å². The highest BCUT2D eigenvalue weighted by Crippen LogP contribution is 2.31. The second-order valence-corrected chi connectivity index (χ2v) is 6.49. The number of likely N-dealkylation sites (N-methyl/N-ethyl adjacent to an activating group) is 1.